The van der Waals surface area contributed by atoms with Crippen LogP contribution in [0.4, 0.5) is 0 Å². The topological polar surface area (TPSA) is 47.3 Å². The lowest BCUT2D eigenvalue weighted by Gasteiger charge is -2.42. The van der Waals surface area contributed by atoms with Crippen molar-refractivity contribution in [2.24, 2.45) is 5.84 Å². The maximum Gasteiger partial charge on any atom is 0.0886 e. The van der Waals surface area contributed by atoms with Gasteiger partial charge in [-0.3, -0.25) is 11.3 Å². The van der Waals surface area contributed by atoms with Gasteiger partial charge in [0, 0.05) is 7.11 Å². The van der Waals surface area contributed by atoms with Gasteiger partial charge in [0.1, 0.15) is 0 Å². The maximum atomic E-state index is 6.32. The molecule has 0 aliphatic heterocycles. The average molecular weight is 303 g/mol. The first kappa shape index (κ1) is 15.1. The van der Waals surface area contributed by atoms with Crippen LogP contribution in [0.3, 0.4) is 0 Å². The van der Waals surface area contributed by atoms with Crippen LogP contribution in [-0.2, 0) is 4.74 Å². The summed E-state index contributed by atoms with van der Waals surface area (Å²) in [5.41, 5.74) is 3.48. The molecule has 0 aromatic heterocycles. The lowest BCUT2D eigenvalue weighted by molar-refractivity contribution is -0.0688. The number of halogens is 2. The molecule has 19 heavy (non-hydrogen) atoms. The van der Waals surface area contributed by atoms with Crippen molar-refractivity contribution in [2.75, 3.05) is 7.11 Å². The first-order valence-corrected chi connectivity index (χ1v) is 7.35. The number of hydrogen-bond donors (Lipinski definition) is 2. The number of methoxy groups -OCH3 is 1. The highest BCUT2D eigenvalue weighted by atomic mass is 35.5. The van der Waals surface area contributed by atoms with Gasteiger partial charge in [0.25, 0.3) is 0 Å². The second kappa shape index (κ2) is 6.42. The molecule has 106 valence electrons. The molecule has 1 fully saturated rings. The molecule has 1 aromatic carbocycles. The molecular formula is C14H20Cl2N2O. The lowest BCUT2D eigenvalue weighted by Crippen LogP contribution is -2.49. The molecule has 0 bridgehead atoms. The molecule has 0 saturated heterocycles. The molecule has 0 spiro atoms. The molecule has 1 unspecified atom stereocenters. The Kier molecular flexibility index (Phi) is 5.09. The molecule has 1 aliphatic carbocycles. The number of rotatable bonds is 4. The third kappa shape index (κ3) is 2.91. The standard InChI is InChI=1S/C14H20Cl2N2O/c1-19-14(8-3-2-4-9-14)13(18-17)10-6-5-7-11(15)12(10)16/h5-7,13,18H,2-4,8-9,17H2,1H3. The second-order valence-electron chi connectivity index (χ2n) is 5.07. The molecule has 0 heterocycles. The van der Waals surface area contributed by atoms with Gasteiger partial charge in [-0.05, 0) is 24.5 Å². The van der Waals surface area contributed by atoms with E-state index in [0.29, 0.717) is 10.0 Å². The predicted octanol–water partition coefficient (Wildman–Crippen LogP) is 3.85. The van der Waals surface area contributed by atoms with Gasteiger partial charge in [-0.15, -0.1) is 0 Å². The van der Waals surface area contributed by atoms with E-state index in [1.54, 1.807) is 13.2 Å². The van der Waals surface area contributed by atoms with Crippen molar-refractivity contribution in [1.29, 1.82) is 0 Å². The zero-order chi connectivity index (χ0) is 13.9. The third-order valence-electron chi connectivity index (χ3n) is 4.09. The Hall–Kier alpha value is -0.320. The van der Waals surface area contributed by atoms with Gasteiger partial charge in [-0.1, -0.05) is 54.6 Å². The van der Waals surface area contributed by atoms with E-state index in [4.69, 9.17) is 33.8 Å². The molecule has 1 saturated carbocycles. The number of hydrogen-bond acceptors (Lipinski definition) is 3. The summed E-state index contributed by atoms with van der Waals surface area (Å²) in [6.45, 7) is 0. The molecular weight excluding hydrogens is 283 g/mol. The largest absolute Gasteiger partial charge is 0.376 e. The van der Waals surface area contributed by atoms with Crippen molar-refractivity contribution in [3.05, 3.63) is 33.8 Å². The quantitative estimate of drug-likeness (QED) is 0.656. The normalized spacial score (nSPS) is 20.2. The van der Waals surface area contributed by atoms with E-state index in [2.05, 4.69) is 5.43 Å². The molecule has 0 amide bonds. The van der Waals surface area contributed by atoms with Crippen LogP contribution >= 0.6 is 23.2 Å². The van der Waals surface area contributed by atoms with Crippen LogP contribution in [0, 0.1) is 0 Å². The summed E-state index contributed by atoms with van der Waals surface area (Å²) in [6, 6.07) is 5.47. The van der Waals surface area contributed by atoms with Gasteiger partial charge in [0.15, 0.2) is 0 Å². The van der Waals surface area contributed by atoms with E-state index >= 15 is 0 Å². The highest BCUT2D eigenvalue weighted by molar-refractivity contribution is 6.42. The minimum Gasteiger partial charge on any atom is -0.376 e. The van der Waals surface area contributed by atoms with Crippen molar-refractivity contribution in [3.8, 4) is 0 Å². The van der Waals surface area contributed by atoms with E-state index < -0.39 is 0 Å². The number of nitrogens with two attached hydrogens (primary N) is 1. The van der Waals surface area contributed by atoms with E-state index in [-0.39, 0.29) is 11.6 Å². The summed E-state index contributed by atoms with van der Waals surface area (Å²) in [4.78, 5) is 0. The Bertz CT molecular complexity index is 433. The van der Waals surface area contributed by atoms with E-state index in [9.17, 15) is 0 Å². The van der Waals surface area contributed by atoms with Crippen molar-refractivity contribution in [1.82, 2.24) is 5.43 Å². The molecule has 1 aromatic rings. The molecule has 5 heteroatoms. The summed E-state index contributed by atoms with van der Waals surface area (Å²) in [5.74, 6) is 5.78. The van der Waals surface area contributed by atoms with E-state index in [1.807, 2.05) is 12.1 Å². The first-order chi connectivity index (χ1) is 9.14. The van der Waals surface area contributed by atoms with Gasteiger partial charge in [0.2, 0.25) is 0 Å². The fourth-order valence-corrected chi connectivity index (χ4v) is 3.45. The number of benzene rings is 1. The zero-order valence-electron chi connectivity index (χ0n) is 11.1. The summed E-state index contributed by atoms with van der Waals surface area (Å²) in [6.07, 6.45) is 5.47. The Morgan fingerprint density at radius 1 is 1.26 bits per heavy atom. The number of nitrogens with one attached hydrogen (secondary N) is 1. The number of ether oxygens (including phenoxy) is 1. The van der Waals surface area contributed by atoms with Crippen molar-refractivity contribution < 1.29 is 4.74 Å². The Labute approximate surface area is 124 Å². The van der Waals surface area contributed by atoms with Gasteiger partial charge >= 0.3 is 0 Å². The maximum absolute atomic E-state index is 6.32. The molecule has 2 rings (SSSR count). The lowest BCUT2D eigenvalue weighted by atomic mass is 9.77. The van der Waals surface area contributed by atoms with Crippen molar-refractivity contribution >= 4 is 23.2 Å². The van der Waals surface area contributed by atoms with Crippen LogP contribution in [-0.4, -0.2) is 12.7 Å². The van der Waals surface area contributed by atoms with Gasteiger partial charge in [-0.2, -0.15) is 0 Å². The van der Waals surface area contributed by atoms with Crippen LogP contribution in [0.2, 0.25) is 10.0 Å². The minimum absolute atomic E-state index is 0.149. The highest BCUT2D eigenvalue weighted by Crippen LogP contribution is 2.43. The smallest absolute Gasteiger partial charge is 0.0886 e. The molecule has 1 atom stereocenters. The number of hydrazine groups is 1. The highest BCUT2D eigenvalue weighted by Gasteiger charge is 2.41. The average Bonchev–Trinajstić information content (AvgIpc) is 2.45. The minimum atomic E-state index is -0.304. The predicted molar refractivity (Wildman–Crippen MR) is 79.4 cm³/mol. The van der Waals surface area contributed by atoms with Gasteiger partial charge in [0.05, 0.1) is 21.7 Å². The molecule has 3 nitrogen and oxygen atoms in total. The van der Waals surface area contributed by atoms with Crippen LogP contribution in [0.25, 0.3) is 0 Å². The SMILES string of the molecule is COC1(C(NN)c2cccc(Cl)c2Cl)CCCCC1. The Morgan fingerprint density at radius 2 is 1.95 bits per heavy atom. The van der Waals surface area contributed by atoms with Crippen molar-refractivity contribution in [2.45, 2.75) is 43.7 Å². The molecule has 0 radical (unpaired) electrons. The Balaban J connectivity index is 2.40. The summed E-state index contributed by atoms with van der Waals surface area (Å²) in [5, 5.41) is 1.09. The molecule has 3 N–H and O–H groups in total. The second-order valence-corrected chi connectivity index (χ2v) is 5.86. The third-order valence-corrected chi connectivity index (χ3v) is 4.93. The zero-order valence-corrected chi connectivity index (χ0v) is 12.6. The fourth-order valence-electron chi connectivity index (χ4n) is 3.03. The summed E-state index contributed by atoms with van der Waals surface area (Å²) in [7, 11) is 1.74. The van der Waals surface area contributed by atoms with Gasteiger partial charge in [-0.25, -0.2) is 0 Å². The van der Waals surface area contributed by atoms with Crippen LogP contribution < -0.4 is 11.3 Å². The van der Waals surface area contributed by atoms with Crippen molar-refractivity contribution in [3.63, 3.8) is 0 Å². The van der Waals surface area contributed by atoms with Crippen LogP contribution in [0.1, 0.15) is 43.7 Å². The van der Waals surface area contributed by atoms with E-state index in [0.717, 1.165) is 31.2 Å². The van der Waals surface area contributed by atoms with Crippen LogP contribution in [0.15, 0.2) is 18.2 Å². The fraction of sp³-hybridized carbons (Fsp3) is 0.571. The van der Waals surface area contributed by atoms with Gasteiger partial charge < -0.3 is 4.74 Å². The van der Waals surface area contributed by atoms with E-state index in [1.165, 1.54) is 6.42 Å². The Morgan fingerprint density at radius 3 is 2.53 bits per heavy atom. The molecule has 1 aliphatic rings. The monoisotopic (exact) mass is 302 g/mol. The first-order valence-electron chi connectivity index (χ1n) is 6.60. The summed E-state index contributed by atoms with van der Waals surface area (Å²) < 4.78 is 5.84. The van der Waals surface area contributed by atoms with Crippen LogP contribution in [0.5, 0.6) is 0 Å². The summed E-state index contributed by atoms with van der Waals surface area (Å²) >= 11 is 12.4.